The number of furan rings is 1. The molecular weight excluding hydrogens is 250 g/mol. The van der Waals surface area contributed by atoms with Crippen LogP contribution in [0.5, 0.6) is 0 Å². The van der Waals surface area contributed by atoms with E-state index in [9.17, 15) is 9.90 Å². The second-order valence-electron chi connectivity index (χ2n) is 4.50. The van der Waals surface area contributed by atoms with Crippen molar-refractivity contribution in [2.45, 2.75) is 32.1 Å². The van der Waals surface area contributed by atoms with E-state index in [0.29, 0.717) is 6.42 Å². The zero-order valence-corrected chi connectivity index (χ0v) is 10.8. The monoisotopic (exact) mass is 263 g/mol. The van der Waals surface area contributed by atoms with Crippen LogP contribution in [-0.4, -0.2) is 16.1 Å². The number of aromatic nitrogens is 1. The van der Waals surface area contributed by atoms with Gasteiger partial charge in [-0.15, -0.1) is 11.3 Å². The molecule has 0 fully saturated rings. The Morgan fingerprint density at radius 3 is 3.11 bits per heavy atom. The van der Waals surface area contributed by atoms with E-state index in [0.717, 1.165) is 39.7 Å². The summed E-state index contributed by atoms with van der Waals surface area (Å²) in [5, 5.41) is 10.1. The van der Waals surface area contributed by atoms with Crippen molar-refractivity contribution in [3.63, 3.8) is 0 Å². The van der Waals surface area contributed by atoms with Crippen LogP contribution in [0.3, 0.4) is 0 Å². The summed E-state index contributed by atoms with van der Waals surface area (Å²) in [6, 6.07) is 1.88. The van der Waals surface area contributed by atoms with Crippen molar-refractivity contribution in [1.29, 1.82) is 0 Å². The number of nitrogens with zero attached hydrogens (tertiary/aromatic N) is 1. The van der Waals surface area contributed by atoms with E-state index < -0.39 is 11.9 Å². The summed E-state index contributed by atoms with van der Waals surface area (Å²) >= 11 is 1.59. The van der Waals surface area contributed by atoms with Crippen LogP contribution in [0.4, 0.5) is 0 Å². The minimum atomic E-state index is -0.767. The lowest BCUT2D eigenvalue weighted by molar-refractivity contribution is -0.139. The van der Waals surface area contributed by atoms with Gasteiger partial charge < -0.3 is 9.52 Å². The zero-order valence-electron chi connectivity index (χ0n) is 9.97. The summed E-state index contributed by atoms with van der Waals surface area (Å²) in [6.45, 7) is 1.89. The molecule has 0 saturated heterocycles. The Morgan fingerprint density at radius 1 is 1.61 bits per heavy atom. The van der Waals surface area contributed by atoms with Gasteiger partial charge in [0.05, 0.1) is 23.4 Å². The van der Waals surface area contributed by atoms with Gasteiger partial charge in [0, 0.05) is 4.88 Å². The highest BCUT2D eigenvalue weighted by atomic mass is 32.1. The molecule has 1 unspecified atom stereocenters. The molecule has 2 heterocycles. The molecule has 0 bridgehead atoms. The average Bonchev–Trinajstić information content (AvgIpc) is 2.92. The van der Waals surface area contributed by atoms with Gasteiger partial charge in [-0.25, -0.2) is 4.98 Å². The Morgan fingerprint density at radius 2 is 2.44 bits per heavy atom. The van der Waals surface area contributed by atoms with E-state index in [1.807, 2.05) is 13.0 Å². The number of rotatable bonds is 2. The van der Waals surface area contributed by atoms with Gasteiger partial charge in [0.2, 0.25) is 0 Å². The number of carboxylic acid groups (broad SMARTS) is 1. The SMILES string of the molecule is Cc1occc1-c1nc2c(s1)CCCC2C(=O)O. The molecule has 0 aromatic carbocycles. The maximum atomic E-state index is 11.2. The van der Waals surface area contributed by atoms with E-state index >= 15 is 0 Å². The number of hydrogen-bond acceptors (Lipinski definition) is 4. The molecule has 0 aliphatic heterocycles. The van der Waals surface area contributed by atoms with Crippen LogP contribution in [0.1, 0.15) is 35.1 Å². The van der Waals surface area contributed by atoms with Gasteiger partial charge >= 0.3 is 5.97 Å². The normalized spacial score (nSPS) is 18.6. The van der Waals surface area contributed by atoms with Gasteiger partial charge in [-0.1, -0.05) is 0 Å². The first kappa shape index (κ1) is 11.5. The summed E-state index contributed by atoms with van der Waals surface area (Å²) in [5.41, 5.74) is 1.73. The third kappa shape index (κ3) is 1.75. The highest BCUT2D eigenvalue weighted by molar-refractivity contribution is 7.15. The van der Waals surface area contributed by atoms with Gasteiger partial charge in [0.1, 0.15) is 10.8 Å². The maximum Gasteiger partial charge on any atom is 0.312 e. The van der Waals surface area contributed by atoms with E-state index in [2.05, 4.69) is 4.98 Å². The molecule has 1 aliphatic carbocycles. The fourth-order valence-corrected chi connectivity index (χ4v) is 3.62. The van der Waals surface area contributed by atoms with Crippen molar-refractivity contribution in [3.05, 3.63) is 28.7 Å². The molecule has 0 radical (unpaired) electrons. The molecular formula is C13H13NO3S. The molecule has 0 amide bonds. The van der Waals surface area contributed by atoms with Crippen molar-refractivity contribution in [2.24, 2.45) is 0 Å². The summed E-state index contributed by atoms with van der Waals surface area (Å²) < 4.78 is 5.28. The van der Waals surface area contributed by atoms with Crippen molar-refractivity contribution < 1.29 is 14.3 Å². The molecule has 18 heavy (non-hydrogen) atoms. The predicted molar refractivity (Wildman–Crippen MR) is 67.9 cm³/mol. The smallest absolute Gasteiger partial charge is 0.312 e. The highest BCUT2D eigenvalue weighted by Gasteiger charge is 2.30. The lowest BCUT2D eigenvalue weighted by Crippen LogP contribution is -2.17. The first-order valence-corrected chi connectivity index (χ1v) is 6.75. The topological polar surface area (TPSA) is 63.3 Å². The maximum absolute atomic E-state index is 11.2. The molecule has 4 nitrogen and oxygen atoms in total. The summed E-state index contributed by atoms with van der Waals surface area (Å²) in [5.74, 6) is -0.379. The number of thiazole rings is 1. The Balaban J connectivity index is 2.06. The number of carboxylic acids is 1. The number of aliphatic carboxylic acids is 1. The Hall–Kier alpha value is -1.62. The minimum absolute atomic E-state index is 0.439. The Kier molecular flexibility index (Phi) is 2.70. The first-order valence-electron chi connectivity index (χ1n) is 5.93. The third-order valence-electron chi connectivity index (χ3n) is 3.34. The average molecular weight is 263 g/mol. The Labute approximate surface area is 108 Å². The molecule has 94 valence electrons. The fraction of sp³-hybridized carbons (Fsp3) is 0.385. The second kappa shape index (κ2) is 4.24. The molecule has 3 rings (SSSR count). The first-order chi connectivity index (χ1) is 8.66. The molecule has 2 aromatic heterocycles. The molecule has 2 aromatic rings. The third-order valence-corrected chi connectivity index (χ3v) is 4.51. The number of hydrogen-bond donors (Lipinski definition) is 1. The molecule has 0 saturated carbocycles. The van der Waals surface area contributed by atoms with Gasteiger partial charge in [-0.3, -0.25) is 4.79 Å². The zero-order chi connectivity index (χ0) is 12.7. The summed E-state index contributed by atoms with van der Waals surface area (Å²) in [7, 11) is 0. The van der Waals surface area contributed by atoms with E-state index in [1.165, 1.54) is 0 Å². The predicted octanol–water partition coefficient (Wildman–Crippen LogP) is 3.22. The van der Waals surface area contributed by atoms with Crippen LogP contribution in [0.25, 0.3) is 10.6 Å². The van der Waals surface area contributed by atoms with E-state index in [-0.39, 0.29) is 0 Å². The second-order valence-corrected chi connectivity index (χ2v) is 5.58. The molecule has 5 heteroatoms. The van der Waals surface area contributed by atoms with Crippen LogP contribution in [0.2, 0.25) is 0 Å². The lowest BCUT2D eigenvalue weighted by Gasteiger charge is -2.16. The van der Waals surface area contributed by atoms with Crippen LogP contribution in [0.15, 0.2) is 16.7 Å². The number of fused-ring (bicyclic) bond motifs is 1. The van der Waals surface area contributed by atoms with Gasteiger partial charge in [0.25, 0.3) is 0 Å². The van der Waals surface area contributed by atoms with Gasteiger partial charge in [-0.2, -0.15) is 0 Å². The van der Waals surface area contributed by atoms with Crippen LogP contribution in [0, 0.1) is 6.92 Å². The van der Waals surface area contributed by atoms with Crippen molar-refractivity contribution in [2.75, 3.05) is 0 Å². The van der Waals surface area contributed by atoms with Crippen LogP contribution in [-0.2, 0) is 11.2 Å². The van der Waals surface area contributed by atoms with Gasteiger partial charge in [-0.05, 0) is 32.3 Å². The van der Waals surface area contributed by atoms with Gasteiger partial charge in [0.15, 0.2) is 0 Å². The summed E-state index contributed by atoms with van der Waals surface area (Å²) in [6.07, 6.45) is 4.19. The Bertz CT molecular complexity index is 599. The van der Waals surface area contributed by atoms with Crippen molar-refractivity contribution >= 4 is 17.3 Å². The molecule has 0 spiro atoms. The lowest BCUT2D eigenvalue weighted by atomic mass is 9.91. The van der Waals surface area contributed by atoms with E-state index in [4.69, 9.17) is 4.42 Å². The standard InChI is InChI=1S/C13H13NO3S/c1-7-8(5-6-17-7)12-14-11-9(13(15)16)3-2-4-10(11)18-12/h5-6,9H,2-4H2,1H3,(H,15,16). The number of aryl methyl sites for hydroxylation is 2. The minimum Gasteiger partial charge on any atom is -0.481 e. The molecule has 1 aliphatic rings. The van der Waals surface area contributed by atoms with Crippen molar-refractivity contribution in [1.82, 2.24) is 4.98 Å². The van der Waals surface area contributed by atoms with E-state index in [1.54, 1.807) is 17.6 Å². The van der Waals surface area contributed by atoms with Crippen LogP contribution < -0.4 is 0 Å². The largest absolute Gasteiger partial charge is 0.481 e. The van der Waals surface area contributed by atoms with Crippen LogP contribution >= 0.6 is 11.3 Å². The van der Waals surface area contributed by atoms with Crippen molar-refractivity contribution in [3.8, 4) is 10.6 Å². The fourth-order valence-electron chi connectivity index (χ4n) is 2.38. The molecule has 1 N–H and O–H groups in total. The summed E-state index contributed by atoms with van der Waals surface area (Å²) in [4.78, 5) is 16.9. The highest BCUT2D eigenvalue weighted by Crippen LogP contribution is 2.39. The molecule has 1 atom stereocenters. The number of carbonyl (C=O) groups is 1. The quantitative estimate of drug-likeness (QED) is 0.903.